The van der Waals surface area contributed by atoms with Gasteiger partial charge in [-0.1, -0.05) is 0 Å². The standard InChI is InChI=1S/C10H13BrN2O/c11-8-3-4-10(13-6-8)14-7-9-2-1-5-12-9/h3-4,6,9,12H,1-2,5,7H2/t9-/m1/s1. The number of ether oxygens (including phenoxy) is 1. The van der Waals surface area contributed by atoms with E-state index in [1.807, 2.05) is 12.1 Å². The van der Waals surface area contributed by atoms with E-state index in [4.69, 9.17) is 4.74 Å². The van der Waals surface area contributed by atoms with Crippen molar-refractivity contribution in [3.63, 3.8) is 0 Å². The Balaban J connectivity index is 1.82. The normalized spacial score (nSPS) is 21.1. The van der Waals surface area contributed by atoms with Gasteiger partial charge in [0.25, 0.3) is 0 Å². The zero-order valence-corrected chi connectivity index (χ0v) is 9.46. The van der Waals surface area contributed by atoms with E-state index in [1.165, 1.54) is 12.8 Å². The van der Waals surface area contributed by atoms with Gasteiger partial charge >= 0.3 is 0 Å². The van der Waals surface area contributed by atoms with Crippen molar-refractivity contribution < 1.29 is 4.74 Å². The van der Waals surface area contributed by atoms with Crippen molar-refractivity contribution in [3.8, 4) is 5.88 Å². The topological polar surface area (TPSA) is 34.1 Å². The van der Waals surface area contributed by atoms with Gasteiger partial charge < -0.3 is 10.1 Å². The molecule has 0 saturated carbocycles. The fourth-order valence-electron chi connectivity index (χ4n) is 1.53. The SMILES string of the molecule is Brc1ccc(OC[C@H]2CCCN2)nc1. The van der Waals surface area contributed by atoms with E-state index in [1.54, 1.807) is 6.20 Å². The zero-order chi connectivity index (χ0) is 9.80. The van der Waals surface area contributed by atoms with Crippen LogP contribution in [0.2, 0.25) is 0 Å². The van der Waals surface area contributed by atoms with Gasteiger partial charge in [-0.05, 0) is 41.4 Å². The molecule has 0 unspecified atom stereocenters. The maximum atomic E-state index is 5.55. The van der Waals surface area contributed by atoms with E-state index in [0.717, 1.165) is 11.0 Å². The molecule has 2 heterocycles. The molecule has 0 bridgehead atoms. The lowest BCUT2D eigenvalue weighted by atomic mass is 10.2. The summed E-state index contributed by atoms with van der Waals surface area (Å²) >= 11 is 3.33. The molecule has 0 amide bonds. The van der Waals surface area contributed by atoms with Crippen LogP contribution in [-0.4, -0.2) is 24.2 Å². The summed E-state index contributed by atoms with van der Waals surface area (Å²) in [5.74, 6) is 0.696. The van der Waals surface area contributed by atoms with Crippen LogP contribution in [0.5, 0.6) is 5.88 Å². The van der Waals surface area contributed by atoms with Crippen molar-refractivity contribution in [1.82, 2.24) is 10.3 Å². The Kier molecular flexibility index (Phi) is 3.37. The van der Waals surface area contributed by atoms with Crippen LogP contribution in [0, 0.1) is 0 Å². The van der Waals surface area contributed by atoms with Gasteiger partial charge in [-0.15, -0.1) is 0 Å². The van der Waals surface area contributed by atoms with Crippen LogP contribution in [-0.2, 0) is 0 Å². The minimum atomic E-state index is 0.500. The number of rotatable bonds is 3. The smallest absolute Gasteiger partial charge is 0.213 e. The third-order valence-corrected chi connectivity index (χ3v) is 2.76. The predicted octanol–water partition coefficient (Wildman–Crippen LogP) is 1.97. The molecule has 1 atom stereocenters. The van der Waals surface area contributed by atoms with Gasteiger partial charge in [0.1, 0.15) is 6.61 Å². The highest BCUT2D eigenvalue weighted by Crippen LogP contribution is 2.13. The molecule has 2 rings (SSSR count). The molecule has 1 saturated heterocycles. The van der Waals surface area contributed by atoms with Crippen molar-refractivity contribution in [2.24, 2.45) is 0 Å². The van der Waals surface area contributed by atoms with Gasteiger partial charge in [0.15, 0.2) is 0 Å². The Hall–Kier alpha value is -0.610. The Bertz CT molecular complexity index is 283. The van der Waals surface area contributed by atoms with Gasteiger partial charge in [0.05, 0.1) is 0 Å². The number of hydrogen-bond acceptors (Lipinski definition) is 3. The summed E-state index contributed by atoms with van der Waals surface area (Å²) in [5, 5.41) is 3.38. The number of halogens is 1. The first-order valence-corrected chi connectivity index (χ1v) is 5.61. The second-order valence-corrected chi connectivity index (χ2v) is 4.33. The van der Waals surface area contributed by atoms with Crippen molar-refractivity contribution in [2.75, 3.05) is 13.2 Å². The Morgan fingerprint density at radius 2 is 2.50 bits per heavy atom. The third kappa shape index (κ3) is 2.69. The van der Waals surface area contributed by atoms with Gasteiger partial charge in [-0.3, -0.25) is 0 Å². The average Bonchev–Trinajstić information content (AvgIpc) is 2.70. The molecule has 1 N–H and O–H groups in total. The summed E-state index contributed by atoms with van der Waals surface area (Å²) in [6.45, 7) is 1.83. The monoisotopic (exact) mass is 256 g/mol. The summed E-state index contributed by atoms with van der Waals surface area (Å²) in [4.78, 5) is 4.14. The highest BCUT2D eigenvalue weighted by molar-refractivity contribution is 9.10. The number of nitrogens with zero attached hydrogens (tertiary/aromatic N) is 1. The lowest BCUT2D eigenvalue weighted by Gasteiger charge is -2.10. The van der Waals surface area contributed by atoms with Crippen LogP contribution in [0.3, 0.4) is 0 Å². The van der Waals surface area contributed by atoms with Crippen molar-refractivity contribution in [2.45, 2.75) is 18.9 Å². The molecule has 0 aliphatic carbocycles. The molecular weight excluding hydrogens is 244 g/mol. The van der Waals surface area contributed by atoms with Gasteiger partial charge in [0.2, 0.25) is 5.88 Å². The predicted molar refractivity (Wildman–Crippen MR) is 58.5 cm³/mol. The average molecular weight is 257 g/mol. The summed E-state index contributed by atoms with van der Waals surface area (Å²) in [7, 11) is 0. The number of pyridine rings is 1. The second-order valence-electron chi connectivity index (χ2n) is 3.42. The van der Waals surface area contributed by atoms with E-state index < -0.39 is 0 Å². The molecule has 1 aromatic heterocycles. The van der Waals surface area contributed by atoms with Gasteiger partial charge in [0, 0.05) is 22.8 Å². The first-order valence-electron chi connectivity index (χ1n) is 4.82. The molecule has 1 fully saturated rings. The van der Waals surface area contributed by atoms with Crippen LogP contribution >= 0.6 is 15.9 Å². The van der Waals surface area contributed by atoms with E-state index in [-0.39, 0.29) is 0 Å². The molecular formula is C10H13BrN2O. The Morgan fingerprint density at radius 1 is 1.57 bits per heavy atom. The highest BCUT2D eigenvalue weighted by Gasteiger charge is 2.14. The third-order valence-electron chi connectivity index (χ3n) is 2.30. The molecule has 14 heavy (non-hydrogen) atoms. The minimum Gasteiger partial charge on any atom is -0.476 e. The molecule has 1 aliphatic heterocycles. The quantitative estimate of drug-likeness (QED) is 0.898. The van der Waals surface area contributed by atoms with Gasteiger partial charge in [-0.25, -0.2) is 4.98 Å². The van der Waals surface area contributed by atoms with Crippen molar-refractivity contribution >= 4 is 15.9 Å². The fraction of sp³-hybridized carbons (Fsp3) is 0.500. The number of nitrogens with one attached hydrogen (secondary N) is 1. The van der Waals surface area contributed by atoms with Crippen LogP contribution < -0.4 is 10.1 Å². The fourth-order valence-corrected chi connectivity index (χ4v) is 1.77. The Labute approximate surface area is 92.0 Å². The Morgan fingerprint density at radius 3 is 3.14 bits per heavy atom. The molecule has 1 aromatic rings. The van der Waals surface area contributed by atoms with Crippen LogP contribution in [0.25, 0.3) is 0 Å². The first kappa shape index (κ1) is 9.93. The van der Waals surface area contributed by atoms with E-state index in [2.05, 4.69) is 26.2 Å². The molecule has 76 valence electrons. The van der Waals surface area contributed by atoms with E-state index in [0.29, 0.717) is 18.5 Å². The largest absolute Gasteiger partial charge is 0.476 e. The molecule has 0 spiro atoms. The van der Waals surface area contributed by atoms with Crippen LogP contribution in [0.15, 0.2) is 22.8 Å². The van der Waals surface area contributed by atoms with Crippen molar-refractivity contribution in [1.29, 1.82) is 0 Å². The van der Waals surface area contributed by atoms with Crippen molar-refractivity contribution in [3.05, 3.63) is 22.8 Å². The summed E-state index contributed by atoms with van der Waals surface area (Å²) in [6.07, 6.45) is 4.20. The molecule has 0 radical (unpaired) electrons. The summed E-state index contributed by atoms with van der Waals surface area (Å²) < 4.78 is 6.53. The highest BCUT2D eigenvalue weighted by atomic mass is 79.9. The van der Waals surface area contributed by atoms with Crippen LogP contribution in [0.4, 0.5) is 0 Å². The molecule has 0 aromatic carbocycles. The second kappa shape index (κ2) is 4.75. The van der Waals surface area contributed by atoms with Gasteiger partial charge in [-0.2, -0.15) is 0 Å². The lowest BCUT2D eigenvalue weighted by Crippen LogP contribution is -2.28. The van der Waals surface area contributed by atoms with E-state index >= 15 is 0 Å². The van der Waals surface area contributed by atoms with E-state index in [9.17, 15) is 0 Å². The number of aromatic nitrogens is 1. The molecule has 3 nitrogen and oxygen atoms in total. The lowest BCUT2D eigenvalue weighted by molar-refractivity contribution is 0.267. The minimum absolute atomic E-state index is 0.500. The summed E-state index contributed by atoms with van der Waals surface area (Å²) in [6, 6.07) is 4.31. The molecule has 4 heteroatoms. The van der Waals surface area contributed by atoms with Crippen LogP contribution in [0.1, 0.15) is 12.8 Å². The maximum absolute atomic E-state index is 5.55. The first-order chi connectivity index (χ1) is 6.84. The number of hydrogen-bond donors (Lipinski definition) is 1. The zero-order valence-electron chi connectivity index (χ0n) is 7.87. The maximum Gasteiger partial charge on any atom is 0.213 e. The summed E-state index contributed by atoms with van der Waals surface area (Å²) in [5.41, 5.74) is 0. The molecule has 1 aliphatic rings.